The molecule has 0 aliphatic carbocycles. The van der Waals surface area contributed by atoms with Crippen molar-refractivity contribution in [3.63, 3.8) is 0 Å². The average molecular weight is 261 g/mol. The quantitative estimate of drug-likeness (QED) is 0.737. The molecule has 0 spiro atoms. The van der Waals surface area contributed by atoms with Gasteiger partial charge in [-0.15, -0.1) is 0 Å². The molecule has 98 valence electrons. The van der Waals surface area contributed by atoms with Gasteiger partial charge in [0.05, 0.1) is 0 Å². The number of methoxy groups -OCH3 is 1. The molecule has 6 heteroatoms. The molecule has 1 heterocycles. The van der Waals surface area contributed by atoms with E-state index in [2.05, 4.69) is 5.32 Å². The Bertz CT molecular complexity index is 289. The van der Waals surface area contributed by atoms with Crippen LogP contribution in [0.15, 0.2) is 0 Å². The molecule has 0 aromatic heterocycles. The number of carboxylic acids is 1. The van der Waals surface area contributed by atoms with E-state index in [-0.39, 0.29) is 11.8 Å². The Morgan fingerprint density at radius 3 is 2.76 bits per heavy atom. The molecular formula is C11H19NO4S. The number of carboxylic acid groups (broad SMARTS) is 1. The van der Waals surface area contributed by atoms with E-state index in [1.54, 1.807) is 18.9 Å². The minimum Gasteiger partial charge on any atom is -0.479 e. The summed E-state index contributed by atoms with van der Waals surface area (Å²) in [6.07, 6.45) is 0.797. The van der Waals surface area contributed by atoms with E-state index in [0.29, 0.717) is 25.2 Å². The summed E-state index contributed by atoms with van der Waals surface area (Å²) >= 11 is 1.56. The van der Waals surface area contributed by atoms with Crippen molar-refractivity contribution in [3.05, 3.63) is 0 Å². The summed E-state index contributed by atoms with van der Waals surface area (Å²) in [4.78, 5) is 23.0. The van der Waals surface area contributed by atoms with E-state index in [0.717, 1.165) is 5.75 Å². The van der Waals surface area contributed by atoms with Gasteiger partial charge >= 0.3 is 5.97 Å². The number of aliphatic carboxylic acids is 1. The molecule has 0 saturated carbocycles. The summed E-state index contributed by atoms with van der Waals surface area (Å²) in [5.74, 6) is 0.182. The number of carbonyl (C=O) groups excluding carboxylic acids is 1. The Morgan fingerprint density at radius 1 is 1.59 bits per heavy atom. The highest BCUT2D eigenvalue weighted by atomic mass is 32.2. The zero-order chi connectivity index (χ0) is 12.9. The molecule has 0 aromatic carbocycles. The fourth-order valence-electron chi connectivity index (χ4n) is 1.86. The zero-order valence-electron chi connectivity index (χ0n) is 10.2. The van der Waals surface area contributed by atoms with Crippen LogP contribution in [0.2, 0.25) is 0 Å². The summed E-state index contributed by atoms with van der Waals surface area (Å²) in [6, 6.07) is 0. The maximum absolute atomic E-state index is 11.8. The predicted molar refractivity (Wildman–Crippen MR) is 66.1 cm³/mol. The monoisotopic (exact) mass is 261 g/mol. The van der Waals surface area contributed by atoms with Crippen molar-refractivity contribution < 1.29 is 19.4 Å². The summed E-state index contributed by atoms with van der Waals surface area (Å²) in [6.45, 7) is 2.40. The van der Waals surface area contributed by atoms with Crippen LogP contribution in [0, 0.1) is 5.92 Å². The molecular weight excluding hydrogens is 242 g/mol. The topological polar surface area (TPSA) is 75.6 Å². The fourth-order valence-corrected chi connectivity index (χ4v) is 3.19. The Hall–Kier alpha value is -0.750. The summed E-state index contributed by atoms with van der Waals surface area (Å²) in [5, 5.41) is 11.9. The van der Waals surface area contributed by atoms with E-state index < -0.39 is 11.5 Å². The number of amides is 1. The fraction of sp³-hybridized carbons (Fsp3) is 0.818. The van der Waals surface area contributed by atoms with Crippen molar-refractivity contribution in [3.8, 4) is 0 Å². The van der Waals surface area contributed by atoms with Gasteiger partial charge in [0.15, 0.2) is 0 Å². The number of hydrogen-bond donors (Lipinski definition) is 2. The predicted octanol–water partition coefficient (Wildman–Crippen LogP) is 0.735. The van der Waals surface area contributed by atoms with Crippen molar-refractivity contribution in [2.45, 2.75) is 25.3 Å². The standard InChI is InChI=1S/C11H19NO4S/c1-8(6-16-2)5-9(13)12-11(10(14)15)3-4-17-7-11/h8H,3-7H2,1-2H3,(H,12,13)(H,14,15). The molecule has 2 unspecified atom stereocenters. The number of ether oxygens (including phenoxy) is 1. The first-order valence-corrected chi connectivity index (χ1v) is 6.77. The maximum atomic E-state index is 11.8. The zero-order valence-corrected chi connectivity index (χ0v) is 11.0. The molecule has 0 radical (unpaired) electrons. The molecule has 0 bridgehead atoms. The van der Waals surface area contributed by atoms with Gasteiger partial charge in [-0.25, -0.2) is 4.79 Å². The van der Waals surface area contributed by atoms with Crippen LogP contribution in [0.25, 0.3) is 0 Å². The lowest BCUT2D eigenvalue weighted by atomic mass is 9.98. The van der Waals surface area contributed by atoms with Gasteiger partial charge in [-0.3, -0.25) is 4.79 Å². The lowest BCUT2D eigenvalue weighted by Gasteiger charge is -2.25. The molecule has 2 atom stereocenters. The number of carbonyl (C=O) groups is 2. The van der Waals surface area contributed by atoms with Gasteiger partial charge in [0.1, 0.15) is 5.54 Å². The second-order valence-electron chi connectivity index (χ2n) is 4.50. The van der Waals surface area contributed by atoms with Crippen LogP contribution in [-0.4, -0.2) is 47.7 Å². The number of thioether (sulfide) groups is 1. The summed E-state index contributed by atoms with van der Waals surface area (Å²) in [5.41, 5.74) is -1.06. The van der Waals surface area contributed by atoms with Crippen LogP contribution in [-0.2, 0) is 14.3 Å². The molecule has 1 rings (SSSR count). The maximum Gasteiger partial charge on any atom is 0.330 e. The molecule has 17 heavy (non-hydrogen) atoms. The van der Waals surface area contributed by atoms with Gasteiger partial charge in [-0.2, -0.15) is 11.8 Å². The van der Waals surface area contributed by atoms with Gasteiger partial charge in [0, 0.05) is 25.9 Å². The molecule has 1 amide bonds. The largest absolute Gasteiger partial charge is 0.479 e. The van der Waals surface area contributed by atoms with Gasteiger partial charge in [0.2, 0.25) is 5.91 Å². The Balaban J connectivity index is 2.51. The van der Waals surface area contributed by atoms with E-state index >= 15 is 0 Å². The SMILES string of the molecule is COCC(C)CC(=O)NC1(C(=O)O)CCSC1. The summed E-state index contributed by atoms with van der Waals surface area (Å²) < 4.78 is 4.95. The second kappa shape index (κ2) is 6.26. The van der Waals surface area contributed by atoms with Gasteiger partial charge < -0.3 is 15.2 Å². The van der Waals surface area contributed by atoms with Crippen LogP contribution in [0.1, 0.15) is 19.8 Å². The Kier molecular flexibility index (Phi) is 5.27. The van der Waals surface area contributed by atoms with Crippen LogP contribution in [0.5, 0.6) is 0 Å². The molecule has 0 aromatic rings. The highest BCUT2D eigenvalue weighted by molar-refractivity contribution is 7.99. The van der Waals surface area contributed by atoms with Gasteiger partial charge in [-0.1, -0.05) is 6.92 Å². The first kappa shape index (κ1) is 14.3. The molecule has 1 saturated heterocycles. The Morgan fingerprint density at radius 2 is 2.29 bits per heavy atom. The third-order valence-electron chi connectivity index (χ3n) is 2.79. The minimum atomic E-state index is -1.06. The van der Waals surface area contributed by atoms with Crippen molar-refractivity contribution in [2.75, 3.05) is 25.2 Å². The second-order valence-corrected chi connectivity index (χ2v) is 5.61. The molecule has 5 nitrogen and oxygen atoms in total. The smallest absolute Gasteiger partial charge is 0.330 e. The average Bonchev–Trinajstić information content (AvgIpc) is 2.67. The highest BCUT2D eigenvalue weighted by Crippen LogP contribution is 2.28. The number of nitrogens with one attached hydrogen (secondary N) is 1. The lowest BCUT2D eigenvalue weighted by molar-refractivity contribution is -0.146. The minimum absolute atomic E-state index is 0.0971. The third-order valence-corrected chi connectivity index (χ3v) is 3.98. The highest BCUT2D eigenvalue weighted by Gasteiger charge is 2.43. The third kappa shape index (κ3) is 3.89. The van der Waals surface area contributed by atoms with Gasteiger partial charge in [-0.05, 0) is 18.1 Å². The van der Waals surface area contributed by atoms with Crippen LogP contribution < -0.4 is 5.32 Å². The van der Waals surface area contributed by atoms with E-state index in [4.69, 9.17) is 4.74 Å². The van der Waals surface area contributed by atoms with Crippen molar-refractivity contribution in [2.24, 2.45) is 5.92 Å². The lowest BCUT2D eigenvalue weighted by Crippen LogP contribution is -2.55. The molecule has 1 aliphatic rings. The summed E-state index contributed by atoms with van der Waals surface area (Å²) in [7, 11) is 1.58. The molecule has 2 N–H and O–H groups in total. The van der Waals surface area contributed by atoms with E-state index in [9.17, 15) is 14.7 Å². The molecule has 1 fully saturated rings. The molecule has 1 aliphatic heterocycles. The first-order valence-electron chi connectivity index (χ1n) is 5.61. The van der Waals surface area contributed by atoms with Crippen molar-refractivity contribution in [1.82, 2.24) is 5.32 Å². The normalized spacial score (nSPS) is 25.5. The van der Waals surface area contributed by atoms with Crippen LogP contribution in [0.3, 0.4) is 0 Å². The number of hydrogen-bond acceptors (Lipinski definition) is 4. The Labute approximate surface area is 105 Å². The van der Waals surface area contributed by atoms with Crippen LogP contribution >= 0.6 is 11.8 Å². The first-order chi connectivity index (χ1) is 8.00. The van der Waals surface area contributed by atoms with Gasteiger partial charge in [0.25, 0.3) is 0 Å². The van der Waals surface area contributed by atoms with Crippen molar-refractivity contribution >= 4 is 23.6 Å². The van der Waals surface area contributed by atoms with Crippen LogP contribution in [0.4, 0.5) is 0 Å². The van der Waals surface area contributed by atoms with Crippen molar-refractivity contribution in [1.29, 1.82) is 0 Å². The number of rotatable bonds is 6. The van der Waals surface area contributed by atoms with E-state index in [1.807, 2.05) is 6.92 Å². The van der Waals surface area contributed by atoms with E-state index in [1.165, 1.54) is 0 Å².